The normalized spacial score (nSPS) is 10.4. The molecule has 0 saturated carbocycles. The summed E-state index contributed by atoms with van der Waals surface area (Å²) in [6.45, 7) is 0. The van der Waals surface area contributed by atoms with Crippen LogP contribution in [0.25, 0.3) is 5.69 Å². The maximum atomic E-state index is 11.7. The fourth-order valence-corrected chi connectivity index (χ4v) is 1.58. The van der Waals surface area contributed by atoms with Gasteiger partial charge in [-0.2, -0.15) is 14.9 Å². The Kier molecular flexibility index (Phi) is 3.15. The number of aryl methyl sites for hydroxylation is 1. The molecule has 0 aliphatic heterocycles. The Bertz CT molecular complexity index is 661. The van der Waals surface area contributed by atoms with E-state index in [9.17, 15) is 9.59 Å². The molecule has 0 bridgehead atoms. The van der Waals surface area contributed by atoms with Gasteiger partial charge in [-0.05, 0) is 0 Å². The van der Waals surface area contributed by atoms with Gasteiger partial charge in [0.2, 0.25) is 0 Å². The molecule has 2 rings (SSSR count). The molecule has 7 nitrogen and oxygen atoms in total. The van der Waals surface area contributed by atoms with Gasteiger partial charge in [-0.1, -0.05) is 11.6 Å². The lowest BCUT2D eigenvalue weighted by molar-refractivity contribution is 0.0592. The Labute approximate surface area is 107 Å². The minimum absolute atomic E-state index is 0.0491. The van der Waals surface area contributed by atoms with Gasteiger partial charge in [0.1, 0.15) is 5.69 Å². The number of hydrogen-bond donors (Lipinski definition) is 0. The van der Waals surface area contributed by atoms with Crippen LogP contribution in [0, 0.1) is 0 Å². The number of esters is 1. The first-order chi connectivity index (χ1) is 8.52. The van der Waals surface area contributed by atoms with Gasteiger partial charge in [-0.3, -0.25) is 9.48 Å². The Balaban J connectivity index is 2.62. The molecule has 2 heterocycles. The monoisotopic (exact) mass is 268 g/mol. The van der Waals surface area contributed by atoms with E-state index in [-0.39, 0.29) is 10.7 Å². The molecule has 0 spiro atoms. The maximum Gasteiger partial charge on any atom is 0.360 e. The van der Waals surface area contributed by atoms with E-state index >= 15 is 0 Å². The van der Waals surface area contributed by atoms with Crippen molar-refractivity contribution in [3.63, 3.8) is 0 Å². The van der Waals surface area contributed by atoms with Crippen LogP contribution in [0.4, 0.5) is 0 Å². The van der Waals surface area contributed by atoms with Gasteiger partial charge in [0.05, 0.1) is 24.5 Å². The smallest absolute Gasteiger partial charge is 0.360 e. The predicted molar refractivity (Wildman–Crippen MR) is 62.9 cm³/mol. The summed E-state index contributed by atoms with van der Waals surface area (Å²) >= 11 is 5.77. The third-order valence-electron chi connectivity index (χ3n) is 2.20. The first kappa shape index (κ1) is 12.3. The third-order valence-corrected chi connectivity index (χ3v) is 2.49. The molecule has 94 valence electrons. The van der Waals surface area contributed by atoms with Crippen LogP contribution in [0.5, 0.6) is 0 Å². The molecule has 8 heteroatoms. The number of carbonyl (C=O) groups is 1. The summed E-state index contributed by atoms with van der Waals surface area (Å²) in [5.74, 6) is -0.711. The van der Waals surface area contributed by atoms with Crippen molar-refractivity contribution in [2.45, 2.75) is 0 Å². The van der Waals surface area contributed by atoms with Crippen LogP contribution in [-0.4, -0.2) is 32.6 Å². The largest absolute Gasteiger partial charge is 0.464 e. The number of aromatic nitrogens is 4. The summed E-state index contributed by atoms with van der Waals surface area (Å²) in [6.07, 6.45) is 3.03. The van der Waals surface area contributed by atoms with Crippen LogP contribution < -0.4 is 5.56 Å². The molecular formula is C10H9ClN4O3. The van der Waals surface area contributed by atoms with Crippen LogP contribution in [-0.2, 0) is 11.8 Å². The molecule has 0 fully saturated rings. The summed E-state index contributed by atoms with van der Waals surface area (Å²) in [5, 5.41) is 7.74. The zero-order valence-electron chi connectivity index (χ0n) is 9.62. The molecule has 0 aliphatic carbocycles. The second kappa shape index (κ2) is 4.61. The maximum absolute atomic E-state index is 11.7. The van der Waals surface area contributed by atoms with Crippen molar-refractivity contribution >= 4 is 17.6 Å². The van der Waals surface area contributed by atoms with Crippen molar-refractivity contribution in [1.82, 2.24) is 19.6 Å². The molecule has 2 aromatic heterocycles. The zero-order chi connectivity index (χ0) is 13.3. The van der Waals surface area contributed by atoms with Crippen LogP contribution >= 0.6 is 11.6 Å². The lowest BCUT2D eigenvalue weighted by Crippen LogP contribution is -2.23. The highest BCUT2D eigenvalue weighted by molar-refractivity contribution is 6.33. The minimum Gasteiger partial charge on any atom is -0.464 e. The fraction of sp³-hybridized carbons (Fsp3) is 0.200. The highest BCUT2D eigenvalue weighted by atomic mass is 35.5. The Hall–Kier alpha value is -2.15. The highest BCUT2D eigenvalue weighted by Crippen LogP contribution is 2.12. The van der Waals surface area contributed by atoms with Gasteiger partial charge < -0.3 is 4.74 Å². The molecule has 0 amide bonds. The summed E-state index contributed by atoms with van der Waals surface area (Å²) in [4.78, 5) is 23.2. The van der Waals surface area contributed by atoms with Gasteiger partial charge >= 0.3 is 5.97 Å². The lowest BCUT2D eigenvalue weighted by atomic mass is 10.4. The molecule has 0 aliphatic rings. The number of methoxy groups -OCH3 is 1. The summed E-state index contributed by atoms with van der Waals surface area (Å²) in [7, 11) is 2.91. The summed E-state index contributed by atoms with van der Waals surface area (Å²) < 4.78 is 7.07. The Morgan fingerprint density at radius 3 is 2.78 bits per heavy atom. The first-order valence-electron chi connectivity index (χ1n) is 4.90. The second-order valence-electron chi connectivity index (χ2n) is 3.45. The van der Waals surface area contributed by atoms with Crippen molar-refractivity contribution in [3.05, 3.63) is 39.5 Å². The number of hydrogen-bond acceptors (Lipinski definition) is 5. The third kappa shape index (κ3) is 2.12. The van der Waals surface area contributed by atoms with Gasteiger partial charge in [-0.15, -0.1) is 0 Å². The van der Waals surface area contributed by atoms with Gasteiger partial charge in [0.25, 0.3) is 5.56 Å². The second-order valence-corrected chi connectivity index (χ2v) is 3.86. The zero-order valence-corrected chi connectivity index (χ0v) is 10.4. The molecule has 0 radical (unpaired) electrons. The number of nitrogens with zero attached hydrogens (tertiary/aromatic N) is 4. The molecule has 2 aromatic rings. The number of rotatable bonds is 2. The number of carbonyl (C=O) groups excluding carboxylic acids is 1. The Morgan fingerprint density at radius 2 is 2.22 bits per heavy atom. The van der Waals surface area contributed by atoms with Gasteiger partial charge in [0, 0.05) is 13.1 Å². The molecule has 0 atom stereocenters. The molecule has 0 N–H and O–H groups in total. The predicted octanol–water partition coefficient (Wildman–Crippen LogP) is 0.406. The van der Waals surface area contributed by atoms with E-state index in [2.05, 4.69) is 14.9 Å². The van der Waals surface area contributed by atoms with E-state index in [0.717, 1.165) is 10.7 Å². The van der Waals surface area contributed by atoms with Crippen molar-refractivity contribution in [2.24, 2.45) is 7.05 Å². The molecule has 0 saturated heterocycles. The Morgan fingerprint density at radius 1 is 1.50 bits per heavy atom. The van der Waals surface area contributed by atoms with E-state index in [4.69, 9.17) is 11.6 Å². The van der Waals surface area contributed by atoms with E-state index in [1.54, 1.807) is 13.2 Å². The van der Waals surface area contributed by atoms with Crippen molar-refractivity contribution in [2.75, 3.05) is 7.11 Å². The van der Waals surface area contributed by atoms with E-state index < -0.39 is 11.5 Å². The summed E-state index contributed by atoms with van der Waals surface area (Å²) in [6, 6.07) is 1.10. The van der Waals surface area contributed by atoms with Gasteiger partial charge in [-0.25, -0.2) is 4.79 Å². The molecule has 0 aromatic carbocycles. The van der Waals surface area contributed by atoms with E-state index in [1.165, 1.54) is 18.0 Å². The van der Waals surface area contributed by atoms with E-state index in [1.807, 2.05) is 0 Å². The topological polar surface area (TPSA) is 79.0 Å². The first-order valence-corrected chi connectivity index (χ1v) is 5.28. The molecule has 0 unspecified atom stereocenters. The summed E-state index contributed by atoms with van der Waals surface area (Å²) in [5.41, 5.74) is -0.146. The standard InChI is InChI=1S/C10H9ClN4O3/c1-14-5-6(4-12-14)15-8(16)3-7(11)9(13-15)10(17)18-2/h3-5H,1-2H3. The highest BCUT2D eigenvalue weighted by Gasteiger charge is 2.16. The average molecular weight is 269 g/mol. The van der Waals surface area contributed by atoms with E-state index in [0.29, 0.717) is 5.69 Å². The number of halogens is 1. The van der Waals surface area contributed by atoms with Crippen LogP contribution in [0.3, 0.4) is 0 Å². The van der Waals surface area contributed by atoms with Crippen molar-refractivity contribution < 1.29 is 9.53 Å². The fourth-order valence-electron chi connectivity index (χ4n) is 1.37. The molecule has 18 heavy (non-hydrogen) atoms. The minimum atomic E-state index is -0.711. The SMILES string of the molecule is COC(=O)c1nn(-c2cnn(C)c2)c(=O)cc1Cl. The lowest BCUT2D eigenvalue weighted by Gasteiger charge is -2.05. The van der Waals surface area contributed by atoms with Crippen molar-refractivity contribution in [3.8, 4) is 5.69 Å². The van der Waals surface area contributed by atoms with Crippen LogP contribution in [0.1, 0.15) is 10.5 Å². The van der Waals surface area contributed by atoms with Crippen LogP contribution in [0.2, 0.25) is 5.02 Å². The number of ether oxygens (including phenoxy) is 1. The average Bonchev–Trinajstić information content (AvgIpc) is 2.75. The van der Waals surface area contributed by atoms with Gasteiger partial charge in [0.15, 0.2) is 5.69 Å². The quantitative estimate of drug-likeness (QED) is 0.737. The van der Waals surface area contributed by atoms with Crippen molar-refractivity contribution in [1.29, 1.82) is 0 Å². The van der Waals surface area contributed by atoms with Crippen LogP contribution in [0.15, 0.2) is 23.3 Å². The molecular weight excluding hydrogens is 260 g/mol.